The Bertz CT molecular complexity index is 575. The van der Waals surface area contributed by atoms with Crippen LogP contribution in [0.2, 0.25) is 0 Å². The summed E-state index contributed by atoms with van der Waals surface area (Å²) in [6.07, 6.45) is 3.49. The topological polar surface area (TPSA) is 63.6 Å². The first-order valence-electron chi connectivity index (χ1n) is 7.25. The third-order valence-electron chi connectivity index (χ3n) is 3.30. The van der Waals surface area contributed by atoms with Crippen molar-refractivity contribution in [2.24, 2.45) is 0 Å². The number of methoxy groups -OCH3 is 1. The number of nitrogens with zero attached hydrogens (tertiary/aromatic N) is 1. The highest BCUT2D eigenvalue weighted by atomic mass is 16.5. The number of ether oxygens (including phenoxy) is 2. The Hall–Kier alpha value is -2.11. The highest BCUT2D eigenvalue weighted by Crippen LogP contribution is 2.28. The van der Waals surface area contributed by atoms with Gasteiger partial charge in [0.1, 0.15) is 6.61 Å². The maximum Gasteiger partial charge on any atom is 0.161 e. The van der Waals surface area contributed by atoms with Crippen molar-refractivity contribution in [2.75, 3.05) is 13.7 Å². The van der Waals surface area contributed by atoms with Crippen molar-refractivity contribution in [1.82, 2.24) is 10.3 Å². The normalized spacial score (nSPS) is 12.0. The van der Waals surface area contributed by atoms with E-state index in [-0.39, 0.29) is 12.6 Å². The van der Waals surface area contributed by atoms with Gasteiger partial charge in [-0.3, -0.25) is 4.98 Å². The number of aliphatic hydroxyl groups is 1. The Morgan fingerprint density at radius 1 is 1.14 bits per heavy atom. The van der Waals surface area contributed by atoms with Gasteiger partial charge in [-0.15, -0.1) is 0 Å². The summed E-state index contributed by atoms with van der Waals surface area (Å²) in [6.45, 7) is 3.19. The zero-order valence-corrected chi connectivity index (χ0v) is 13.0. The van der Waals surface area contributed by atoms with E-state index in [1.165, 1.54) is 0 Å². The van der Waals surface area contributed by atoms with Crippen LogP contribution >= 0.6 is 0 Å². The molecule has 2 rings (SSSR count). The van der Waals surface area contributed by atoms with E-state index < -0.39 is 0 Å². The molecule has 0 bridgehead atoms. The molecule has 0 aliphatic heterocycles. The number of hydrogen-bond donors (Lipinski definition) is 2. The van der Waals surface area contributed by atoms with E-state index in [2.05, 4.69) is 10.3 Å². The van der Waals surface area contributed by atoms with Crippen LogP contribution in [0.15, 0.2) is 42.7 Å². The summed E-state index contributed by atoms with van der Waals surface area (Å²) in [6, 6.07) is 9.73. The molecule has 0 saturated heterocycles. The van der Waals surface area contributed by atoms with Gasteiger partial charge in [-0.25, -0.2) is 0 Å². The molecule has 1 aromatic carbocycles. The molecular weight excluding hydrogens is 280 g/mol. The predicted molar refractivity (Wildman–Crippen MR) is 85.0 cm³/mol. The fourth-order valence-electron chi connectivity index (χ4n) is 1.94. The van der Waals surface area contributed by atoms with Gasteiger partial charge >= 0.3 is 0 Å². The van der Waals surface area contributed by atoms with Crippen LogP contribution in [0.5, 0.6) is 11.5 Å². The molecule has 22 heavy (non-hydrogen) atoms. The van der Waals surface area contributed by atoms with Gasteiger partial charge in [0.25, 0.3) is 0 Å². The lowest BCUT2D eigenvalue weighted by molar-refractivity contribution is 0.251. The molecule has 118 valence electrons. The molecule has 0 saturated carbocycles. The SMILES string of the molecule is COc1cc(CN[C@H](C)CO)ccc1OCc1ccncc1. The first-order valence-corrected chi connectivity index (χ1v) is 7.25. The van der Waals surface area contributed by atoms with Gasteiger partial charge in [-0.1, -0.05) is 6.07 Å². The minimum Gasteiger partial charge on any atom is -0.493 e. The van der Waals surface area contributed by atoms with Crippen molar-refractivity contribution in [3.8, 4) is 11.5 Å². The first kappa shape index (κ1) is 16.3. The van der Waals surface area contributed by atoms with Crippen LogP contribution in [-0.4, -0.2) is 29.8 Å². The van der Waals surface area contributed by atoms with E-state index in [0.29, 0.717) is 24.7 Å². The van der Waals surface area contributed by atoms with Crippen LogP contribution in [0.1, 0.15) is 18.1 Å². The third-order valence-corrected chi connectivity index (χ3v) is 3.30. The molecule has 0 aliphatic carbocycles. The monoisotopic (exact) mass is 302 g/mol. The minimum absolute atomic E-state index is 0.0635. The Balaban J connectivity index is 1.99. The Labute approximate surface area is 130 Å². The van der Waals surface area contributed by atoms with Crippen LogP contribution in [-0.2, 0) is 13.2 Å². The molecule has 1 atom stereocenters. The summed E-state index contributed by atoms with van der Waals surface area (Å²) >= 11 is 0. The molecular formula is C17H22N2O3. The number of pyridine rings is 1. The zero-order valence-electron chi connectivity index (χ0n) is 13.0. The van der Waals surface area contributed by atoms with E-state index in [1.54, 1.807) is 19.5 Å². The average Bonchev–Trinajstić information content (AvgIpc) is 2.58. The average molecular weight is 302 g/mol. The molecule has 5 heteroatoms. The summed E-state index contributed by atoms with van der Waals surface area (Å²) in [7, 11) is 1.63. The smallest absolute Gasteiger partial charge is 0.161 e. The molecule has 1 heterocycles. The van der Waals surface area contributed by atoms with Gasteiger partial charge in [0, 0.05) is 25.0 Å². The fraction of sp³-hybridized carbons (Fsp3) is 0.353. The number of aliphatic hydroxyl groups excluding tert-OH is 1. The lowest BCUT2D eigenvalue weighted by Crippen LogP contribution is -2.28. The van der Waals surface area contributed by atoms with E-state index >= 15 is 0 Å². The second-order valence-electron chi connectivity index (χ2n) is 5.09. The molecule has 0 radical (unpaired) electrons. The van der Waals surface area contributed by atoms with Crippen molar-refractivity contribution in [3.63, 3.8) is 0 Å². The van der Waals surface area contributed by atoms with E-state index in [4.69, 9.17) is 14.6 Å². The van der Waals surface area contributed by atoms with E-state index in [1.807, 2.05) is 37.3 Å². The van der Waals surface area contributed by atoms with E-state index in [0.717, 1.165) is 11.1 Å². The van der Waals surface area contributed by atoms with Crippen molar-refractivity contribution in [1.29, 1.82) is 0 Å². The maximum atomic E-state index is 9.02. The zero-order chi connectivity index (χ0) is 15.8. The van der Waals surface area contributed by atoms with Crippen LogP contribution in [0.25, 0.3) is 0 Å². The van der Waals surface area contributed by atoms with Crippen LogP contribution in [0.3, 0.4) is 0 Å². The maximum absolute atomic E-state index is 9.02. The molecule has 2 aromatic rings. The molecule has 0 fully saturated rings. The van der Waals surface area contributed by atoms with E-state index in [9.17, 15) is 0 Å². The lowest BCUT2D eigenvalue weighted by Gasteiger charge is -2.14. The highest BCUT2D eigenvalue weighted by Gasteiger charge is 2.07. The molecule has 0 unspecified atom stereocenters. The van der Waals surface area contributed by atoms with Crippen LogP contribution in [0.4, 0.5) is 0 Å². The highest BCUT2D eigenvalue weighted by molar-refractivity contribution is 5.43. The van der Waals surface area contributed by atoms with Gasteiger partial charge in [0.15, 0.2) is 11.5 Å². The Morgan fingerprint density at radius 3 is 2.59 bits per heavy atom. The standard InChI is InChI=1S/C17H22N2O3/c1-13(11-20)19-10-15-3-4-16(17(9-15)21-2)22-12-14-5-7-18-8-6-14/h3-9,13,19-20H,10-12H2,1-2H3/t13-/m1/s1. The van der Waals surface area contributed by atoms with Gasteiger partial charge in [0.2, 0.25) is 0 Å². The number of benzene rings is 1. The number of hydrogen-bond acceptors (Lipinski definition) is 5. The van der Waals surface area contributed by atoms with Crippen LogP contribution in [0, 0.1) is 0 Å². The molecule has 1 aromatic heterocycles. The minimum atomic E-state index is 0.0635. The van der Waals surface area contributed by atoms with Gasteiger partial charge in [-0.05, 0) is 42.3 Å². The van der Waals surface area contributed by atoms with Gasteiger partial charge in [0.05, 0.1) is 13.7 Å². The molecule has 0 spiro atoms. The summed E-state index contributed by atoms with van der Waals surface area (Å²) in [5.74, 6) is 1.41. The second-order valence-corrected chi connectivity index (χ2v) is 5.09. The van der Waals surface area contributed by atoms with Crippen molar-refractivity contribution < 1.29 is 14.6 Å². The summed E-state index contributed by atoms with van der Waals surface area (Å²) in [5, 5.41) is 12.2. The summed E-state index contributed by atoms with van der Waals surface area (Å²) in [5.41, 5.74) is 2.13. The number of nitrogens with one attached hydrogen (secondary N) is 1. The lowest BCUT2D eigenvalue weighted by atomic mass is 10.2. The Kier molecular flexibility index (Phi) is 6.18. The fourth-order valence-corrected chi connectivity index (χ4v) is 1.94. The largest absolute Gasteiger partial charge is 0.493 e. The van der Waals surface area contributed by atoms with Gasteiger partial charge in [-0.2, -0.15) is 0 Å². The first-order chi connectivity index (χ1) is 10.7. The van der Waals surface area contributed by atoms with Gasteiger partial charge < -0.3 is 19.9 Å². The van der Waals surface area contributed by atoms with Crippen molar-refractivity contribution in [3.05, 3.63) is 53.9 Å². The molecule has 0 aliphatic rings. The summed E-state index contributed by atoms with van der Waals surface area (Å²) < 4.78 is 11.2. The number of aromatic nitrogens is 1. The summed E-state index contributed by atoms with van der Waals surface area (Å²) in [4.78, 5) is 3.98. The molecule has 0 amide bonds. The number of rotatable bonds is 8. The molecule has 5 nitrogen and oxygen atoms in total. The van der Waals surface area contributed by atoms with Crippen molar-refractivity contribution in [2.45, 2.75) is 26.1 Å². The predicted octanol–water partition coefficient (Wildman–Crippen LogP) is 2.14. The van der Waals surface area contributed by atoms with Crippen molar-refractivity contribution >= 4 is 0 Å². The third kappa shape index (κ3) is 4.72. The molecule has 2 N–H and O–H groups in total. The second kappa shape index (κ2) is 8.36. The Morgan fingerprint density at radius 2 is 1.91 bits per heavy atom. The van der Waals surface area contributed by atoms with Crippen LogP contribution < -0.4 is 14.8 Å². The quantitative estimate of drug-likeness (QED) is 0.782.